The Labute approximate surface area is 189 Å². The van der Waals surface area contributed by atoms with Gasteiger partial charge in [-0.1, -0.05) is 36.4 Å². The quantitative estimate of drug-likeness (QED) is 0.464. The van der Waals surface area contributed by atoms with Gasteiger partial charge >= 0.3 is 0 Å². The maximum Gasteiger partial charge on any atom is 0.126 e. The molecule has 0 saturated carbocycles. The molecule has 0 fully saturated rings. The van der Waals surface area contributed by atoms with Crippen molar-refractivity contribution < 1.29 is 14.2 Å². The molecular formula is C28H27NO3. The third-order valence-electron chi connectivity index (χ3n) is 5.76. The summed E-state index contributed by atoms with van der Waals surface area (Å²) in [5.41, 5.74) is 5.91. The number of para-hydroxylation sites is 2. The Bertz CT molecular complexity index is 1080. The predicted molar refractivity (Wildman–Crippen MR) is 129 cm³/mol. The Hall–Kier alpha value is -3.66. The van der Waals surface area contributed by atoms with E-state index in [1.165, 1.54) is 11.1 Å². The van der Waals surface area contributed by atoms with E-state index in [9.17, 15) is 0 Å². The van der Waals surface area contributed by atoms with Crippen molar-refractivity contribution in [3.63, 3.8) is 0 Å². The van der Waals surface area contributed by atoms with Crippen LogP contribution in [0.4, 0.5) is 5.69 Å². The van der Waals surface area contributed by atoms with E-state index in [0.29, 0.717) is 19.8 Å². The van der Waals surface area contributed by atoms with Crippen LogP contribution >= 0.6 is 0 Å². The van der Waals surface area contributed by atoms with Gasteiger partial charge in [0.05, 0.1) is 19.8 Å². The second kappa shape index (κ2) is 9.23. The molecule has 2 heterocycles. The molecule has 0 N–H and O–H groups in total. The first-order valence-corrected chi connectivity index (χ1v) is 11.2. The van der Waals surface area contributed by atoms with Crippen LogP contribution in [0.5, 0.6) is 17.2 Å². The Morgan fingerprint density at radius 1 is 0.750 bits per heavy atom. The third kappa shape index (κ3) is 4.22. The number of anilines is 1. The summed E-state index contributed by atoms with van der Waals surface area (Å²) in [5, 5.41) is 0. The van der Waals surface area contributed by atoms with Crippen LogP contribution in [0.15, 0.2) is 85.2 Å². The van der Waals surface area contributed by atoms with Crippen LogP contribution < -0.4 is 19.1 Å². The fraction of sp³-hybridized carbons (Fsp3) is 0.214. The van der Waals surface area contributed by atoms with Crippen molar-refractivity contribution in [1.82, 2.24) is 0 Å². The SMILES string of the molecule is CCOc1ccc(N(/C=C2/CCOc3ccccc32)/C=C2\CCOc3ccccc32)cc1. The molecule has 0 radical (unpaired) electrons. The van der Waals surface area contributed by atoms with Crippen molar-refractivity contribution in [3.8, 4) is 17.2 Å². The fourth-order valence-corrected chi connectivity index (χ4v) is 4.20. The van der Waals surface area contributed by atoms with Gasteiger partial charge in [0, 0.05) is 42.1 Å². The van der Waals surface area contributed by atoms with Crippen LogP contribution in [-0.2, 0) is 0 Å². The zero-order valence-corrected chi connectivity index (χ0v) is 18.3. The van der Waals surface area contributed by atoms with Crippen molar-refractivity contribution in [2.24, 2.45) is 0 Å². The molecule has 3 aromatic rings. The molecule has 5 rings (SSSR count). The zero-order chi connectivity index (χ0) is 21.8. The van der Waals surface area contributed by atoms with E-state index in [2.05, 4.69) is 53.7 Å². The number of benzene rings is 3. The van der Waals surface area contributed by atoms with Crippen molar-refractivity contribution in [1.29, 1.82) is 0 Å². The molecule has 2 aliphatic rings. The Morgan fingerprint density at radius 3 is 1.81 bits per heavy atom. The molecule has 0 bridgehead atoms. The first-order chi connectivity index (χ1) is 15.8. The van der Waals surface area contributed by atoms with E-state index in [0.717, 1.165) is 46.9 Å². The van der Waals surface area contributed by atoms with Crippen molar-refractivity contribution in [2.75, 3.05) is 24.7 Å². The average Bonchev–Trinajstić information content (AvgIpc) is 2.85. The topological polar surface area (TPSA) is 30.9 Å². The minimum absolute atomic E-state index is 0.657. The van der Waals surface area contributed by atoms with Crippen LogP contribution in [0.1, 0.15) is 30.9 Å². The Balaban J connectivity index is 1.58. The lowest BCUT2D eigenvalue weighted by molar-refractivity contribution is 0.316. The van der Waals surface area contributed by atoms with Gasteiger partial charge in [0.2, 0.25) is 0 Å². The molecule has 4 heteroatoms. The molecule has 2 aliphatic heterocycles. The fourth-order valence-electron chi connectivity index (χ4n) is 4.20. The van der Waals surface area contributed by atoms with Gasteiger partial charge in [0.1, 0.15) is 17.2 Å². The number of fused-ring (bicyclic) bond motifs is 2. The Morgan fingerprint density at radius 2 is 1.28 bits per heavy atom. The van der Waals surface area contributed by atoms with Crippen molar-refractivity contribution >= 4 is 16.8 Å². The molecule has 0 aliphatic carbocycles. The van der Waals surface area contributed by atoms with E-state index in [4.69, 9.17) is 14.2 Å². The minimum Gasteiger partial charge on any atom is -0.494 e. The highest BCUT2D eigenvalue weighted by Gasteiger charge is 2.18. The van der Waals surface area contributed by atoms with Crippen LogP contribution in [0.25, 0.3) is 11.1 Å². The van der Waals surface area contributed by atoms with Crippen LogP contribution in [0, 0.1) is 0 Å². The highest BCUT2D eigenvalue weighted by atomic mass is 16.5. The summed E-state index contributed by atoms with van der Waals surface area (Å²) in [7, 11) is 0. The second-order valence-corrected chi connectivity index (χ2v) is 7.83. The summed E-state index contributed by atoms with van der Waals surface area (Å²) < 4.78 is 17.4. The van der Waals surface area contributed by atoms with Gasteiger partial charge in [0.25, 0.3) is 0 Å². The monoisotopic (exact) mass is 425 g/mol. The first kappa shape index (κ1) is 20.3. The molecule has 0 spiro atoms. The highest BCUT2D eigenvalue weighted by Crippen LogP contribution is 2.36. The van der Waals surface area contributed by atoms with Crippen LogP contribution in [0.2, 0.25) is 0 Å². The maximum absolute atomic E-state index is 5.87. The number of hydrogen-bond acceptors (Lipinski definition) is 4. The van der Waals surface area contributed by atoms with Gasteiger partial charge < -0.3 is 19.1 Å². The molecule has 4 nitrogen and oxygen atoms in total. The molecule has 0 aromatic heterocycles. The lowest BCUT2D eigenvalue weighted by Gasteiger charge is -2.26. The molecule has 0 saturated heterocycles. The molecule has 0 atom stereocenters. The van der Waals surface area contributed by atoms with Gasteiger partial charge in [0.15, 0.2) is 0 Å². The predicted octanol–water partition coefficient (Wildman–Crippen LogP) is 6.54. The Kier molecular flexibility index (Phi) is 5.84. The average molecular weight is 426 g/mol. The van der Waals surface area contributed by atoms with E-state index < -0.39 is 0 Å². The summed E-state index contributed by atoms with van der Waals surface area (Å²) in [6.07, 6.45) is 6.21. The first-order valence-electron chi connectivity index (χ1n) is 11.2. The summed E-state index contributed by atoms with van der Waals surface area (Å²) in [5.74, 6) is 2.77. The van der Waals surface area contributed by atoms with Crippen LogP contribution in [-0.4, -0.2) is 19.8 Å². The van der Waals surface area contributed by atoms with E-state index in [1.54, 1.807) is 0 Å². The van der Waals surface area contributed by atoms with Crippen LogP contribution in [0.3, 0.4) is 0 Å². The number of nitrogens with zero attached hydrogens (tertiary/aromatic N) is 1. The molecule has 162 valence electrons. The normalized spacial score (nSPS) is 17.2. The molecule has 0 amide bonds. The number of hydrogen-bond donors (Lipinski definition) is 0. The molecular weight excluding hydrogens is 398 g/mol. The summed E-state index contributed by atoms with van der Waals surface area (Å²) in [6.45, 7) is 4.03. The lowest BCUT2D eigenvalue weighted by atomic mass is 9.99. The van der Waals surface area contributed by atoms with Gasteiger partial charge in [-0.25, -0.2) is 0 Å². The zero-order valence-electron chi connectivity index (χ0n) is 18.3. The third-order valence-corrected chi connectivity index (χ3v) is 5.76. The van der Waals surface area contributed by atoms with E-state index >= 15 is 0 Å². The lowest BCUT2D eigenvalue weighted by Crippen LogP contribution is -2.15. The maximum atomic E-state index is 5.87. The minimum atomic E-state index is 0.657. The smallest absolute Gasteiger partial charge is 0.126 e. The number of rotatable bonds is 5. The van der Waals surface area contributed by atoms with Crippen molar-refractivity contribution in [3.05, 3.63) is 96.3 Å². The van der Waals surface area contributed by atoms with E-state index in [1.807, 2.05) is 43.3 Å². The van der Waals surface area contributed by atoms with E-state index in [-0.39, 0.29) is 0 Å². The van der Waals surface area contributed by atoms with Gasteiger partial charge in [-0.3, -0.25) is 0 Å². The standard InChI is InChI=1S/C28H27NO3/c1-2-30-24-13-11-23(12-14-24)29(19-21-15-17-31-27-9-5-3-7-25(21)27)20-22-16-18-32-28-10-6-4-8-26(22)28/h3-14,19-20H,2,15-18H2,1H3/b21-19-,22-20+. The van der Waals surface area contributed by atoms with Crippen molar-refractivity contribution in [2.45, 2.75) is 19.8 Å². The molecule has 32 heavy (non-hydrogen) atoms. The summed E-state index contributed by atoms with van der Waals surface area (Å²) in [4.78, 5) is 2.23. The van der Waals surface area contributed by atoms with Gasteiger partial charge in [-0.2, -0.15) is 0 Å². The molecule has 0 unspecified atom stereocenters. The van der Waals surface area contributed by atoms with Gasteiger partial charge in [-0.15, -0.1) is 0 Å². The second-order valence-electron chi connectivity index (χ2n) is 7.83. The highest BCUT2D eigenvalue weighted by molar-refractivity contribution is 5.79. The largest absolute Gasteiger partial charge is 0.494 e. The summed E-state index contributed by atoms with van der Waals surface area (Å²) in [6, 6.07) is 24.8. The van der Waals surface area contributed by atoms with Gasteiger partial charge in [-0.05, 0) is 54.5 Å². The molecule has 3 aromatic carbocycles. The summed E-state index contributed by atoms with van der Waals surface area (Å²) >= 11 is 0. The number of ether oxygens (including phenoxy) is 3.